The van der Waals surface area contributed by atoms with Crippen LogP contribution in [0.2, 0.25) is 0 Å². The Morgan fingerprint density at radius 1 is 1.09 bits per heavy atom. The van der Waals surface area contributed by atoms with Gasteiger partial charge < -0.3 is 9.47 Å². The van der Waals surface area contributed by atoms with Crippen LogP contribution in [0.5, 0.6) is 0 Å². The molecule has 33 heavy (non-hydrogen) atoms. The van der Waals surface area contributed by atoms with Crippen molar-refractivity contribution < 1.29 is 14.3 Å². The van der Waals surface area contributed by atoms with Crippen LogP contribution in [0, 0.1) is 6.92 Å². The van der Waals surface area contributed by atoms with Crippen molar-refractivity contribution in [3.63, 3.8) is 0 Å². The summed E-state index contributed by atoms with van der Waals surface area (Å²) in [7, 11) is 1.62. The number of fused-ring (bicyclic) bond motifs is 1. The second-order valence-electron chi connectivity index (χ2n) is 7.31. The third kappa shape index (κ3) is 5.10. The summed E-state index contributed by atoms with van der Waals surface area (Å²) < 4.78 is 13.3. The van der Waals surface area contributed by atoms with Crippen LogP contribution in [0.1, 0.15) is 34.4 Å². The summed E-state index contributed by atoms with van der Waals surface area (Å²) in [6.07, 6.45) is 0. The fourth-order valence-electron chi connectivity index (χ4n) is 3.41. The minimum atomic E-state index is -0.514. The maximum Gasteiger partial charge on any atom is 0.360 e. The molecule has 0 radical (unpaired) electrons. The Morgan fingerprint density at radius 2 is 1.82 bits per heavy atom. The lowest BCUT2D eigenvalue weighted by atomic mass is 10.1. The van der Waals surface area contributed by atoms with E-state index >= 15 is 0 Å². The summed E-state index contributed by atoms with van der Waals surface area (Å²) in [6.45, 7) is 4.37. The molecule has 2 aromatic carbocycles. The van der Waals surface area contributed by atoms with Crippen LogP contribution in [-0.2, 0) is 21.8 Å². The second kappa shape index (κ2) is 10.5. The molecule has 0 saturated heterocycles. The Bertz CT molecular complexity index is 1270. The van der Waals surface area contributed by atoms with E-state index in [1.807, 2.05) is 31.2 Å². The van der Waals surface area contributed by atoms with E-state index in [1.165, 1.54) is 5.56 Å². The summed E-state index contributed by atoms with van der Waals surface area (Å²) in [5.41, 5.74) is 5.04. The summed E-state index contributed by atoms with van der Waals surface area (Å²) in [6, 6.07) is 16.1. The molecular weight excluding hydrogens is 504 g/mol. The molecule has 4 aromatic rings. The highest BCUT2D eigenvalue weighted by Gasteiger charge is 2.24. The highest BCUT2D eigenvalue weighted by Crippen LogP contribution is 2.32. The van der Waals surface area contributed by atoms with E-state index in [-0.39, 0.29) is 12.3 Å². The van der Waals surface area contributed by atoms with Gasteiger partial charge in [0.25, 0.3) is 0 Å². The molecule has 0 fully saturated rings. The molecule has 0 spiro atoms. The highest BCUT2D eigenvalue weighted by molar-refractivity contribution is 9.10. The summed E-state index contributed by atoms with van der Waals surface area (Å²) in [5.74, 6) is -0.0442. The largest absolute Gasteiger partial charge is 0.461 e. The minimum Gasteiger partial charge on any atom is -0.461 e. The SMILES string of the molecule is CCOC(=O)c1nnc2c(-c3ccc(Br)cc3)c(COC)nn2c1CSc1ccc(C)cc1. The van der Waals surface area contributed by atoms with E-state index in [0.29, 0.717) is 23.7 Å². The monoisotopic (exact) mass is 526 g/mol. The zero-order valence-corrected chi connectivity index (χ0v) is 20.9. The third-order valence-electron chi connectivity index (χ3n) is 4.99. The molecule has 2 heterocycles. The van der Waals surface area contributed by atoms with Crippen molar-refractivity contribution in [1.29, 1.82) is 0 Å². The molecule has 0 aliphatic carbocycles. The normalized spacial score (nSPS) is 11.2. The fourth-order valence-corrected chi connectivity index (χ4v) is 4.57. The van der Waals surface area contributed by atoms with Gasteiger partial charge in [0.1, 0.15) is 0 Å². The molecule has 9 heteroatoms. The number of methoxy groups -OCH3 is 1. The molecule has 0 amide bonds. The highest BCUT2D eigenvalue weighted by atomic mass is 79.9. The molecule has 0 aliphatic rings. The van der Waals surface area contributed by atoms with Crippen molar-refractivity contribution in [2.75, 3.05) is 13.7 Å². The number of halogens is 1. The summed E-state index contributed by atoms with van der Waals surface area (Å²) in [5, 5.41) is 13.5. The standard InChI is InChI=1S/C24H23BrN4O3S/c1-4-32-24(30)22-20(14-33-18-11-5-15(2)6-12-18)29-23(27-26-22)21(19(28-29)13-31-3)16-7-9-17(25)10-8-16/h5-12H,4,13-14H2,1-3H3. The Morgan fingerprint density at radius 3 is 2.48 bits per heavy atom. The molecule has 0 atom stereocenters. The first-order valence-corrected chi connectivity index (χ1v) is 12.2. The maximum absolute atomic E-state index is 12.7. The van der Waals surface area contributed by atoms with Gasteiger partial charge in [0, 0.05) is 22.2 Å². The van der Waals surface area contributed by atoms with Crippen molar-refractivity contribution in [2.24, 2.45) is 0 Å². The van der Waals surface area contributed by atoms with Crippen LogP contribution in [0.25, 0.3) is 16.8 Å². The van der Waals surface area contributed by atoms with Crippen LogP contribution in [-0.4, -0.2) is 39.5 Å². The molecular formula is C24H23BrN4O3S. The lowest BCUT2D eigenvalue weighted by molar-refractivity contribution is 0.0516. The average molecular weight is 527 g/mol. The number of hydrogen-bond donors (Lipinski definition) is 0. The first-order chi connectivity index (χ1) is 16.0. The number of aromatic nitrogens is 4. The summed E-state index contributed by atoms with van der Waals surface area (Å²) >= 11 is 5.08. The van der Waals surface area contributed by atoms with Gasteiger partial charge in [-0.2, -0.15) is 5.10 Å². The molecule has 0 unspecified atom stereocenters. The van der Waals surface area contributed by atoms with Gasteiger partial charge in [-0.05, 0) is 43.7 Å². The third-order valence-corrected chi connectivity index (χ3v) is 6.54. The number of rotatable bonds is 8. The lowest BCUT2D eigenvalue weighted by Crippen LogP contribution is -2.16. The molecule has 4 rings (SSSR count). The zero-order chi connectivity index (χ0) is 23.4. The number of benzene rings is 2. The first kappa shape index (κ1) is 23.4. The van der Waals surface area contributed by atoms with Crippen molar-refractivity contribution in [2.45, 2.75) is 31.1 Å². The van der Waals surface area contributed by atoms with Crippen LogP contribution in [0.15, 0.2) is 57.9 Å². The summed E-state index contributed by atoms with van der Waals surface area (Å²) in [4.78, 5) is 13.8. The van der Waals surface area contributed by atoms with Gasteiger partial charge in [0.2, 0.25) is 0 Å². The van der Waals surface area contributed by atoms with E-state index < -0.39 is 5.97 Å². The topological polar surface area (TPSA) is 78.6 Å². The van der Waals surface area contributed by atoms with Gasteiger partial charge in [-0.3, -0.25) is 0 Å². The second-order valence-corrected chi connectivity index (χ2v) is 9.28. The van der Waals surface area contributed by atoms with Crippen molar-refractivity contribution >= 4 is 39.3 Å². The number of esters is 1. The van der Waals surface area contributed by atoms with Gasteiger partial charge in [-0.25, -0.2) is 9.31 Å². The van der Waals surface area contributed by atoms with E-state index in [0.717, 1.165) is 26.2 Å². The minimum absolute atomic E-state index is 0.165. The predicted octanol–water partition coefficient (Wildman–Crippen LogP) is 5.48. The Labute approximate surface area is 204 Å². The Balaban J connectivity index is 1.86. The quantitative estimate of drug-likeness (QED) is 0.222. The molecule has 170 valence electrons. The van der Waals surface area contributed by atoms with Gasteiger partial charge in [-0.1, -0.05) is 45.8 Å². The molecule has 7 nitrogen and oxygen atoms in total. The van der Waals surface area contributed by atoms with Gasteiger partial charge in [0.15, 0.2) is 11.3 Å². The predicted molar refractivity (Wildman–Crippen MR) is 131 cm³/mol. The number of carbonyl (C=O) groups is 1. The number of carbonyl (C=O) groups excluding carboxylic acids is 1. The van der Waals surface area contributed by atoms with Crippen LogP contribution in [0.3, 0.4) is 0 Å². The van der Waals surface area contributed by atoms with E-state index in [4.69, 9.17) is 14.6 Å². The molecule has 0 bridgehead atoms. The molecule has 2 aromatic heterocycles. The van der Waals surface area contributed by atoms with Crippen molar-refractivity contribution in [1.82, 2.24) is 19.8 Å². The molecule has 0 saturated carbocycles. The number of nitrogens with zero attached hydrogens (tertiary/aromatic N) is 4. The van der Waals surface area contributed by atoms with Gasteiger partial charge in [0.05, 0.1) is 30.2 Å². The number of ether oxygens (including phenoxy) is 2. The van der Waals surface area contributed by atoms with Crippen LogP contribution in [0.4, 0.5) is 0 Å². The van der Waals surface area contributed by atoms with Crippen molar-refractivity contribution in [3.05, 3.63) is 75.6 Å². The van der Waals surface area contributed by atoms with Crippen LogP contribution < -0.4 is 0 Å². The number of thioether (sulfide) groups is 1. The lowest BCUT2D eigenvalue weighted by Gasteiger charge is -2.10. The van der Waals surface area contributed by atoms with Crippen molar-refractivity contribution in [3.8, 4) is 11.1 Å². The first-order valence-electron chi connectivity index (χ1n) is 10.4. The van der Waals surface area contributed by atoms with E-state index in [1.54, 1.807) is 30.3 Å². The van der Waals surface area contributed by atoms with Gasteiger partial charge >= 0.3 is 5.97 Å². The van der Waals surface area contributed by atoms with Crippen LogP contribution >= 0.6 is 27.7 Å². The molecule has 0 aliphatic heterocycles. The van der Waals surface area contributed by atoms with E-state index in [2.05, 4.69) is 50.4 Å². The fraction of sp³-hybridized carbons (Fsp3) is 0.250. The number of aryl methyl sites for hydroxylation is 1. The Hall–Kier alpha value is -2.75. The van der Waals surface area contributed by atoms with Gasteiger partial charge in [-0.15, -0.1) is 22.0 Å². The number of hydrogen-bond acceptors (Lipinski definition) is 7. The Kier molecular flexibility index (Phi) is 7.42. The molecule has 0 N–H and O–H groups in total. The smallest absolute Gasteiger partial charge is 0.360 e. The van der Waals surface area contributed by atoms with E-state index in [9.17, 15) is 4.79 Å². The zero-order valence-electron chi connectivity index (χ0n) is 18.5. The average Bonchev–Trinajstić information content (AvgIpc) is 3.17. The maximum atomic E-state index is 12.7.